The summed E-state index contributed by atoms with van der Waals surface area (Å²) in [5, 5.41) is 0. The Kier molecular flexibility index (Phi) is 5.31. The maximum absolute atomic E-state index is 12.2. The molecular formula is C5H6Cl2F5O2P. The average Bonchev–Trinajstić information content (AvgIpc) is 1.94. The zero-order valence-electron chi connectivity index (χ0n) is 7.03. The third kappa shape index (κ3) is 6.56. The van der Waals surface area contributed by atoms with Crippen LogP contribution in [0.5, 0.6) is 0 Å². The Morgan fingerprint density at radius 2 is 1.60 bits per heavy atom. The summed E-state index contributed by atoms with van der Waals surface area (Å²) in [6.07, 6.45) is -11.6. The van der Waals surface area contributed by atoms with Crippen molar-refractivity contribution in [1.29, 1.82) is 0 Å². The van der Waals surface area contributed by atoms with Crippen LogP contribution < -0.4 is 0 Å². The van der Waals surface area contributed by atoms with Gasteiger partial charge in [-0.1, -0.05) is 0 Å². The maximum Gasteiger partial charge on any atom is 0.453 e. The molecule has 0 radical (unpaired) electrons. The third-order valence-electron chi connectivity index (χ3n) is 1.29. The Hall–Kier alpha value is 0.420. The second-order valence-electron chi connectivity index (χ2n) is 2.55. The fraction of sp³-hybridized carbons (Fsp3) is 1.00. The number of rotatable bonds is 5. The van der Waals surface area contributed by atoms with Crippen LogP contribution in [0.4, 0.5) is 22.0 Å². The molecule has 0 N–H and O–H groups in total. The van der Waals surface area contributed by atoms with Gasteiger partial charge in [0.05, 0.1) is 6.61 Å². The molecule has 0 amide bonds. The molecule has 0 unspecified atom stereocenters. The number of hydrogen-bond acceptors (Lipinski definition) is 2. The van der Waals surface area contributed by atoms with Crippen LogP contribution in [0.15, 0.2) is 0 Å². The zero-order chi connectivity index (χ0) is 12.3. The zero-order valence-corrected chi connectivity index (χ0v) is 9.44. The lowest BCUT2D eigenvalue weighted by Gasteiger charge is -2.19. The van der Waals surface area contributed by atoms with Crippen LogP contribution in [0.25, 0.3) is 0 Å². The Morgan fingerprint density at radius 3 is 1.93 bits per heavy atom. The van der Waals surface area contributed by atoms with Crippen molar-refractivity contribution in [2.24, 2.45) is 0 Å². The lowest BCUT2D eigenvalue weighted by molar-refractivity contribution is -0.284. The summed E-state index contributed by atoms with van der Waals surface area (Å²) >= 11 is 9.72. The largest absolute Gasteiger partial charge is 0.453 e. The SMILES string of the molecule is O=P(Cl)(Cl)OCCCC(F)(F)C(F)(F)F. The Labute approximate surface area is 91.7 Å². The van der Waals surface area contributed by atoms with Gasteiger partial charge in [0, 0.05) is 6.42 Å². The van der Waals surface area contributed by atoms with Crippen molar-refractivity contribution in [3.8, 4) is 0 Å². The van der Waals surface area contributed by atoms with Gasteiger partial charge in [0.2, 0.25) is 0 Å². The number of hydrogen-bond donors (Lipinski definition) is 0. The molecule has 0 aliphatic heterocycles. The van der Waals surface area contributed by atoms with Crippen LogP contribution >= 0.6 is 28.6 Å². The van der Waals surface area contributed by atoms with Gasteiger partial charge in [-0.2, -0.15) is 22.0 Å². The van der Waals surface area contributed by atoms with Crippen LogP contribution in [-0.4, -0.2) is 18.7 Å². The first-order chi connectivity index (χ1) is 6.46. The lowest BCUT2D eigenvalue weighted by atomic mass is 10.2. The van der Waals surface area contributed by atoms with E-state index < -0.39 is 37.6 Å². The van der Waals surface area contributed by atoms with E-state index >= 15 is 0 Å². The molecule has 0 bridgehead atoms. The summed E-state index contributed by atoms with van der Waals surface area (Å²) in [5.41, 5.74) is 0. The van der Waals surface area contributed by atoms with Crippen molar-refractivity contribution in [1.82, 2.24) is 0 Å². The highest BCUT2D eigenvalue weighted by atomic mass is 35.9. The van der Waals surface area contributed by atoms with E-state index in [4.69, 9.17) is 22.5 Å². The number of halogens is 7. The first-order valence-electron chi connectivity index (χ1n) is 3.54. The van der Waals surface area contributed by atoms with Crippen LogP contribution in [0.2, 0.25) is 0 Å². The minimum Gasteiger partial charge on any atom is -0.306 e. The van der Waals surface area contributed by atoms with E-state index in [0.717, 1.165) is 0 Å². The fourth-order valence-corrected chi connectivity index (χ4v) is 1.36. The molecule has 0 aromatic heterocycles. The second-order valence-corrected chi connectivity index (χ2v) is 6.83. The Morgan fingerprint density at radius 1 is 1.13 bits per heavy atom. The van der Waals surface area contributed by atoms with E-state index in [-0.39, 0.29) is 0 Å². The molecule has 0 aliphatic rings. The van der Waals surface area contributed by atoms with Gasteiger partial charge in [0.15, 0.2) is 0 Å². The highest BCUT2D eigenvalue weighted by Crippen LogP contribution is 2.57. The van der Waals surface area contributed by atoms with Crippen molar-refractivity contribution in [3.63, 3.8) is 0 Å². The lowest BCUT2D eigenvalue weighted by Crippen LogP contribution is -2.36. The molecule has 0 aromatic rings. The molecule has 0 saturated carbocycles. The molecule has 0 aliphatic carbocycles. The standard InChI is InChI=1S/C5H6Cl2F5O2P/c6-15(7,13)14-3-1-2-4(8,9)5(10,11)12/h1-3H2. The van der Waals surface area contributed by atoms with Gasteiger partial charge in [-0.15, -0.1) is 0 Å². The van der Waals surface area contributed by atoms with E-state index in [1.807, 2.05) is 0 Å². The molecule has 15 heavy (non-hydrogen) atoms. The van der Waals surface area contributed by atoms with Crippen LogP contribution in [0, 0.1) is 0 Å². The molecule has 0 saturated heterocycles. The molecule has 92 valence electrons. The number of alkyl halides is 5. The van der Waals surface area contributed by atoms with Crippen molar-refractivity contribution in [3.05, 3.63) is 0 Å². The van der Waals surface area contributed by atoms with E-state index in [9.17, 15) is 26.5 Å². The molecule has 0 fully saturated rings. The monoisotopic (exact) mass is 294 g/mol. The van der Waals surface area contributed by atoms with Gasteiger partial charge in [-0.3, -0.25) is 4.57 Å². The van der Waals surface area contributed by atoms with E-state index in [1.165, 1.54) is 0 Å². The second kappa shape index (κ2) is 5.17. The van der Waals surface area contributed by atoms with Crippen molar-refractivity contribution >= 4 is 28.6 Å². The van der Waals surface area contributed by atoms with Crippen molar-refractivity contribution in [2.45, 2.75) is 24.9 Å². The molecular weight excluding hydrogens is 289 g/mol. The van der Waals surface area contributed by atoms with Gasteiger partial charge in [0.1, 0.15) is 0 Å². The molecule has 0 spiro atoms. The highest BCUT2D eigenvalue weighted by molar-refractivity contribution is 8.05. The fourth-order valence-electron chi connectivity index (χ4n) is 0.607. The van der Waals surface area contributed by atoms with Crippen LogP contribution in [0.1, 0.15) is 12.8 Å². The predicted molar refractivity (Wildman–Crippen MR) is 45.5 cm³/mol. The predicted octanol–water partition coefficient (Wildman–Crippen LogP) is 4.57. The van der Waals surface area contributed by atoms with E-state index in [0.29, 0.717) is 0 Å². The maximum atomic E-state index is 12.2. The van der Waals surface area contributed by atoms with E-state index in [1.54, 1.807) is 0 Å². The minimum absolute atomic E-state index is 0.629. The van der Waals surface area contributed by atoms with E-state index in [2.05, 4.69) is 4.52 Å². The quantitative estimate of drug-likeness (QED) is 0.422. The molecule has 0 aromatic carbocycles. The van der Waals surface area contributed by atoms with Gasteiger partial charge in [0.25, 0.3) is 0 Å². The average molecular weight is 295 g/mol. The van der Waals surface area contributed by atoms with Gasteiger partial charge in [-0.25, -0.2) is 0 Å². The molecule has 0 rings (SSSR count). The summed E-state index contributed by atoms with van der Waals surface area (Å²) in [6.45, 7) is -0.629. The van der Waals surface area contributed by atoms with Gasteiger partial charge >= 0.3 is 18.2 Å². The summed E-state index contributed by atoms with van der Waals surface area (Å²) < 4.78 is 73.8. The third-order valence-corrected chi connectivity index (χ3v) is 2.36. The summed E-state index contributed by atoms with van der Waals surface area (Å²) in [7, 11) is 0. The molecule has 10 heteroatoms. The van der Waals surface area contributed by atoms with Crippen LogP contribution in [0.3, 0.4) is 0 Å². The van der Waals surface area contributed by atoms with Crippen molar-refractivity contribution in [2.75, 3.05) is 6.61 Å². The molecule has 2 nitrogen and oxygen atoms in total. The smallest absolute Gasteiger partial charge is 0.306 e. The summed E-state index contributed by atoms with van der Waals surface area (Å²) in [5.74, 6) is -4.79. The van der Waals surface area contributed by atoms with Crippen LogP contribution in [-0.2, 0) is 9.09 Å². The minimum atomic E-state index is -5.60. The topological polar surface area (TPSA) is 26.3 Å². The first kappa shape index (κ1) is 15.4. The summed E-state index contributed by atoms with van der Waals surface area (Å²) in [6, 6.07) is 0. The van der Waals surface area contributed by atoms with Gasteiger partial charge in [-0.05, 0) is 28.9 Å². The van der Waals surface area contributed by atoms with Gasteiger partial charge < -0.3 is 4.52 Å². The first-order valence-corrected chi connectivity index (χ1v) is 6.98. The Balaban J connectivity index is 3.92. The van der Waals surface area contributed by atoms with Crippen molar-refractivity contribution < 1.29 is 31.0 Å². The normalized spacial score (nSPS) is 14.3. The molecule has 0 heterocycles. The Bertz CT molecular complexity index is 250. The highest BCUT2D eigenvalue weighted by Gasteiger charge is 2.56. The summed E-state index contributed by atoms with van der Waals surface area (Å²) in [4.78, 5) is 0. The molecule has 0 atom stereocenters.